The van der Waals surface area contributed by atoms with E-state index < -0.39 is 9.84 Å². The van der Waals surface area contributed by atoms with Gasteiger partial charge in [-0.15, -0.1) is 0 Å². The predicted molar refractivity (Wildman–Crippen MR) is 80.7 cm³/mol. The van der Waals surface area contributed by atoms with Crippen LogP contribution in [0, 0.1) is 0 Å². The third kappa shape index (κ3) is 4.28. The molecule has 0 aromatic heterocycles. The van der Waals surface area contributed by atoms with E-state index in [9.17, 15) is 13.2 Å². The van der Waals surface area contributed by atoms with Gasteiger partial charge in [0.15, 0.2) is 9.84 Å². The molecule has 1 aromatic carbocycles. The number of rotatable bonds is 5. The summed E-state index contributed by atoms with van der Waals surface area (Å²) < 4.78 is 27.8. The fraction of sp³-hybridized carbons (Fsp3) is 0.533. The number of benzene rings is 1. The van der Waals surface area contributed by atoms with Gasteiger partial charge in [0.1, 0.15) is 0 Å². The number of esters is 1. The summed E-state index contributed by atoms with van der Waals surface area (Å²) in [5.74, 6) is 0.225. The molecule has 0 aliphatic carbocycles. The van der Waals surface area contributed by atoms with Gasteiger partial charge in [0.25, 0.3) is 0 Å². The van der Waals surface area contributed by atoms with Crippen LogP contribution in [0.25, 0.3) is 0 Å². The van der Waals surface area contributed by atoms with E-state index in [1.807, 2.05) is 31.3 Å². The van der Waals surface area contributed by atoms with Crippen molar-refractivity contribution in [2.24, 2.45) is 0 Å². The van der Waals surface area contributed by atoms with E-state index >= 15 is 0 Å². The van der Waals surface area contributed by atoms with Crippen molar-refractivity contribution < 1.29 is 17.9 Å². The van der Waals surface area contributed by atoms with Gasteiger partial charge in [-0.1, -0.05) is 24.3 Å². The Kier molecular flexibility index (Phi) is 5.00. The van der Waals surface area contributed by atoms with Crippen LogP contribution in [0.3, 0.4) is 0 Å². The fourth-order valence-electron chi connectivity index (χ4n) is 2.63. The van der Waals surface area contributed by atoms with Gasteiger partial charge in [-0.25, -0.2) is 8.42 Å². The molecule has 1 aliphatic rings. The molecule has 1 aromatic rings. The Morgan fingerprint density at radius 1 is 1.33 bits per heavy atom. The van der Waals surface area contributed by atoms with Crippen LogP contribution in [0.1, 0.15) is 17.5 Å². The number of hydrogen-bond donors (Lipinski definition) is 0. The van der Waals surface area contributed by atoms with Crippen molar-refractivity contribution >= 4 is 15.8 Å². The molecule has 1 saturated heterocycles. The maximum absolute atomic E-state index is 11.6. The molecule has 0 amide bonds. The molecule has 1 atom stereocenters. The summed E-state index contributed by atoms with van der Waals surface area (Å²) in [5.41, 5.74) is 1.96. The van der Waals surface area contributed by atoms with Crippen molar-refractivity contribution in [1.82, 2.24) is 4.90 Å². The quantitative estimate of drug-likeness (QED) is 0.760. The molecule has 0 N–H and O–H groups in total. The van der Waals surface area contributed by atoms with Crippen LogP contribution in [0.4, 0.5) is 0 Å². The predicted octanol–water partition coefficient (Wildman–Crippen LogP) is 1.02. The molecule has 6 heteroatoms. The molecule has 5 nitrogen and oxygen atoms in total. The molecule has 116 valence electrons. The zero-order valence-corrected chi connectivity index (χ0v) is 13.2. The summed E-state index contributed by atoms with van der Waals surface area (Å²) in [4.78, 5) is 13.5. The number of carbonyl (C=O) groups excluding carboxylic acids is 1. The molecule has 1 fully saturated rings. The van der Waals surface area contributed by atoms with Gasteiger partial charge in [0, 0.05) is 12.6 Å². The zero-order valence-electron chi connectivity index (χ0n) is 12.4. The maximum Gasteiger partial charge on any atom is 0.309 e. The van der Waals surface area contributed by atoms with Gasteiger partial charge in [0.2, 0.25) is 0 Å². The summed E-state index contributed by atoms with van der Waals surface area (Å²) in [6.45, 7) is 0.632. The van der Waals surface area contributed by atoms with Gasteiger partial charge < -0.3 is 4.74 Å². The first-order valence-corrected chi connectivity index (χ1v) is 8.77. The van der Waals surface area contributed by atoms with Crippen molar-refractivity contribution in [3.63, 3.8) is 0 Å². The summed E-state index contributed by atoms with van der Waals surface area (Å²) in [6, 6.07) is 7.75. The number of hydrogen-bond acceptors (Lipinski definition) is 5. The molecule has 0 saturated carbocycles. The third-order valence-electron chi connectivity index (χ3n) is 3.93. The fourth-order valence-corrected chi connectivity index (χ4v) is 4.44. The van der Waals surface area contributed by atoms with Gasteiger partial charge in [-0.2, -0.15) is 0 Å². The van der Waals surface area contributed by atoms with Crippen LogP contribution in [0.15, 0.2) is 24.3 Å². The summed E-state index contributed by atoms with van der Waals surface area (Å²) >= 11 is 0. The lowest BCUT2D eigenvalue weighted by atomic mass is 10.0. The lowest BCUT2D eigenvalue weighted by molar-refractivity contribution is -0.139. The van der Waals surface area contributed by atoms with E-state index in [1.165, 1.54) is 7.11 Å². The Balaban J connectivity index is 2.07. The van der Waals surface area contributed by atoms with Crippen molar-refractivity contribution in [3.8, 4) is 0 Å². The Morgan fingerprint density at radius 2 is 2.00 bits per heavy atom. The van der Waals surface area contributed by atoms with E-state index in [0.29, 0.717) is 13.0 Å². The number of nitrogens with zero attached hydrogens (tertiary/aromatic N) is 1. The van der Waals surface area contributed by atoms with Crippen LogP contribution in [0.5, 0.6) is 0 Å². The van der Waals surface area contributed by atoms with Crippen LogP contribution in [-0.2, 0) is 32.3 Å². The van der Waals surface area contributed by atoms with Crippen molar-refractivity contribution in [1.29, 1.82) is 0 Å². The van der Waals surface area contributed by atoms with Crippen LogP contribution in [-0.4, -0.2) is 51.0 Å². The highest BCUT2D eigenvalue weighted by atomic mass is 32.2. The molecular weight excluding hydrogens is 290 g/mol. The van der Waals surface area contributed by atoms with E-state index in [2.05, 4.69) is 4.90 Å². The van der Waals surface area contributed by atoms with Gasteiger partial charge in [-0.3, -0.25) is 9.69 Å². The summed E-state index contributed by atoms with van der Waals surface area (Å²) in [7, 11) is 0.425. The highest BCUT2D eigenvalue weighted by Crippen LogP contribution is 2.20. The summed E-state index contributed by atoms with van der Waals surface area (Å²) in [6.07, 6.45) is 0.918. The largest absolute Gasteiger partial charge is 0.469 e. The first kappa shape index (κ1) is 16.0. The Labute approximate surface area is 125 Å². The number of sulfone groups is 1. The van der Waals surface area contributed by atoms with Crippen LogP contribution in [0.2, 0.25) is 0 Å². The van der Waals surface area contributed by atoms with Crippen LogP contribution >= 0.6 is 0 Å². The highest BCUT2D eigenvalue weighted by Gasteiger charge is 2.30. The van der Waals surface area contributed by atoms with E-state index in [1.54, 1.807) is 0 Å². The van der Waals surface area contributed by atoms with Crippen molar-refractivity contribution in [2.75, 3.05) is 25.7 Å². The second kappa shape index (κ2) is 6.58. The normalized spacial score (nSPS) is 20.6. The monoisotopic (exact) mass is 311 g/mol. The van der Waals surface area contributed by atoms with E-state index in [0.717, 1.165) is 11.1 Å². The van der Waals surface area contributed by atoms with Gasteiger partial charge >= 0.3 is 5.97 Å². The average Bonchev–Trinajstić information content (AvgIpc) is 2.81. The lowest BCUT2D eigenvalue weighted by Gasteiger charge is -2.24. The van der Waals surface area contributed by atoms with E-state index in [4.69, 9.17) is 4.74 Å². The average molecular weight is 311 g/mol. The Bertz CT molecular complexity index is 612. The SMILES string of the molecule is COC(=O)Cc1ccccc1CN(C)C1CCS(=O)(=O)C1. The Morgan fingerprint density at radius 3 is 2.57 bits per heavy atom. The number of carbonyl (C=O) groups is 1. The first-order valence-electron chi connectivity index (χ1n) is 6.95. The smallest absolute Gasteiger partial charge is 0.309 e. The molecule has 0 bridgehead atoms. The van der Waals surface area contributed by atoms with Crippen molar-refractivity contribution in [3.05, 3.63) is 35.4 Å². The first-order chi connectivity index (χ1) is 9.91. The minimum Gasteiger partial charge on any atom is -0.469 e. The second-order valence-corrected chi connectivity index (χ2v) is 7.72. The molecule has 1 aliphatic heterocycles. The molecule has 0 spiro atoms. The van der Waals surface area contributed by atoms with Crippen LogP contribution < -0.4 is 0 Å². The minimum atomic E-state index is -2.88. The highest BCUT2D eigenvalue weighted by molar-refractivity contribution is 7.91. The number of methoxy groups -OCH3 is 1. The van der Waals surface area contributed by atoms with Gasteiger partial charge in [-0.05, 0) is 24.6 Å². The minimum absolute atomic E-state index is 0.0567. The molecular formula is C15H21NO4S. The molecule has 2 rings (SSSR count). The molecule has 0 radical (unpaired) electrons. The zero-order chi connectivity index (χ0) is 15.5. The summed E-state index contributed by atoms with van der Waals surface area (Å²) in [5, 5.41) is 0. The molecule has 1 unspecified atom stereocenters. The van der Waals surface area contributed by atoms with E-state index in [-0.39, 0.29) is 29.9 Å². The lowest BCUT2D eigenvalue weighted by Crippen LogP contribution is -2.32. The topological polar surface area (TPSA) is 63.7 Å². The van der Waals surface area contributed by atoms with Crippen molar-refractivity contribution in [2.45, 2.75) is 25.4 Å². The molecule has 1 heterocycles. The van der Waals surface area contributed by atoms with Gasteiger partial charge in [0.05, 0.1) is 25.0 Å². The maximum atomic E-state index is 11.6. The third-order valence-corrected chi connectivity index (χ3v) is 5.68. The second-order valence-electron chi connectivity index (χ2n) is 5.49. The number of ether oxygens (including phenoxy) is 1. The molecule has 21 heavy (non-hydrogen) atoms. The standard InChI is InChI=1S/C15H21NO4S/c1-16(14-7-8-21(18,19)11-14)10-13-6-4-3-5-12(13)9-15(17)20-2/h3-6,14H,7-11H2,1-2H3. The Hall–Kier alpha value is -1.40.